The van der Waals surface area contributed by atoms with Gasteiger partial charge in [0.1, 0.15) is 0 Å². The fraction of sp³-hybridized carbons (Fsp3) is 0.385. The first kappa shape index (κ1) is 13.6. The van der Waals surface area contributed by atoms with Crippen LogP contribution in [0.15, 0.2) is 22.7 Å². The van der Waals surface area contributed by atoms with Gasteiger partial charge in [0, 0.05) is 16.9 Å². The molecule has 0 spiro atoms. The molecule has 1 nitrogen and oxygen atoms in total. The van der Waals surface area contributed by atoms with Crippen molar-refractivity contribution in [1.82, 2.24) is 5.32 Å². The molecule has 0 saturated carbocycles. The van der Waals surface area contributed by atoms with Crippen LogP contribution in [-0.4, -0.2) is 6.54 Å². The highest BCUT2D eigenvalue weighted by Crippen LogP contribution is 2.27. The van der Waals surface area contributed by atoms with Gasteiger partial charge in [-0.25, -0.2) is 0 Å². The standard InChI is InChI=1S/C13H15BrClN/c1-3-5-6-13(16-4-2)10-7-8-12(15)11(14)9-10/h7-9,13,16H,4,6H2,1-2H3. The van der Waals surface area contributed by atoms with E-state index in [1.807, 2.05) is 25.1 Å². The molecule has 3 heteroatoms. The molecule has 0 bridgehead atoms. The van der Waals surface area contributed by atoms with E-state index in [1.54, 1.807) is 0 Å². The molecule has 0 aliphatic carbocycles. The average molecular weight is 301 g/mol. The first-order valence-corrected chi connectivity index (χ1v) is 6.44. The van der Waals surface area contributed by atoms with Crippen molar-refractivity contribution in [3.8, 4) is 11.8 Å². The SMILES string of the molecule is CC#CCC(NCC)c1ccc(Cl)c(Br)c1. The van der Waals surface area contributed by atoms with Crippen molar-refractivity contribution in [2.45, 2.75) is 26.3 Å². The minimum absolute atomic E-state index is 0.269. The Balaban J connectivity index is 2.89. The molecule has 1 rings (SSSR count). The molecule has 1 N–H and O–H groups in total. The Morgan fingerprint density at radius 3 is 2.81 bits per heavy atom. The number of halogens is 2. The van der Waals surface area contributed by atoms with E-state index in [2.05, 4.69) is 40.0 Å². The van der Waals surface area contributed by atoms with Gasteiger partial charge in [-0.3, -0.25) is 0 Å². The minimum Gasteiger partial charge on any atom is -0.309 e. The molecule has 1 unspecified atom stereocenters. The zero-order valence-corrected chi connectivity index (χ0v) is 11.8. The van der Waals surface area contributed by atoms with Crippen LogP contribution in [0.4, 0.5) is 0 Å². The van der Waals surface area contributed by atoms with Crippen LogP contribution in [0.1, 0.15) is 31.9 Å². The number of hydrogen-bond acceptors (Lipinski definition) is 1. The molecule has 1 atom stereocenters. The van der Waals surface area contributed by atoms with E-state index < -0.39 is 0 Å². The summed E-state index contributed by atoms with van der Waals surface area (Å²) in [6, 6.07) is 6.26. The predicted octanol–water partition coefficient (Wildman–Crippen LogP) is 4.17. The topological polar surface area (TPSA) is 12.0 Å². The van der Waals surface area contributed by atoms with E-state index >= 15 is 0 Å². The lowest BCUT2D eigenvalue weighted by Crippen LogP contribution is -2.20. The smallest absolute Gasteiger partial charge is 0.0548 e. The Morgan fingerprint density at radius 2 is 2.25 bits per heavy atom. The maximum Gasteiger partial charge on any atom is 0.0548 e. The summed E-state index contributed by atoms with van der Waals surface area (Å²) in [5.74, 6) is 6.03. The molecule has 0 heterocycles. The van der Waals surface area contributed by atoms with Crippen LogP contribution in [0.3, 0.4) is 0 Å². The van der Waals surface area contributed by atoms with Crippen LogP contribution in [0.2, 0.25) is 5.02 Å². The lowest BCUT2D eigenvalue weighted by molar-refractivity contribution is 0.565. The molecular formula is C13H15BrClN. The summed E-state index contributed by atoms with van der Waals surface area (Å²) < 4.78 is 0.930. The van der Waals surface area contributed by atoms with E-state index in [1.165, 1.54) is 5.56 Å². The number of nitrogens with one attached hydrogen (secondary N) is 1. The highest BCUT2D eigenvalue weighted by atomic mass is 79.9. The van der Waals surface area contributed by atoms with Crippen LogP contribution in [0, 0.1) is 11.8 Å². The third-order valence-electron chi connectivity index (χ3n) is 2.28. The predicted molar refractivity (Wildman–Crippen MR) is 73.6 cm³/mol. The third kappa shape index (κ3) is 3.83. The molecule has 0 saturated heterocycles. The largest absolute Gasteiger partial charge is 0.309 e. The molecule has 0 aliphatic rings. The van der Waals surface area contributed by atoms with Crippen LogP contribution in [-0.2, 0) is 0 Å². The second-order valence-corrected chi connectivity index (χ2v) is 4.68. The maximum atomic E-state index is 5.97. The second-order valence-electron chi connectivity index (χ2n) is 3.41. The summed E-state index contributed by atoms with van der Waals surface area (Å²) in [4.78, 5) is 0. The molecule has 16 heavy (non-hydrogen) atoms. The number of rotatable bonds is 4. The third-order valence-corrected chi connectivity index (χ3v) is 3.49. The summed E-state index contributed by atoms with van der Waals surface area (Å²) in [5.41, 5.74) is 1.21. The Kier molecular flexibility index (Phi) is 5.90. The number of benzene rings is 1. The van der Waals surface area contributed by atoms with E-state index in [4.69, 9.17) is 11.6 Å². The van der Waals surface area contributed by atoms with Gasteiger partial charge in [0.25, 0.3) is 0 Å². The van der Waals surface area contributed by atoms with Gasteiger partial charge in [-0.05, 0) is 47.1 Å². The molecule has 0 amide bonds. The lowest BCUT2D eigenvalue weighted by atomic mass is 10.0. The highest BCUT2D eigenvalue weighted by molar-refractivity contribution is 9.10. The quantitative estimate of drug-likeness (QED) is 0.823. The Morgan fingerprint density at radius 1 is 1.50 bits per heavy atom. The van der Waals surface area contributed by atoms with Gasteiger partial charge in [-0.2, -0.15) is 0 Å². The van der Waals surface area contributed by atoms with Gasteiger partial charge in [0.15, 0.2) is 0 Å². The Labute approximate surface area is 111 Å². The minimum atomic E-state index is 0.269. The summed E-state index contributed by atoms with van der Waals surface area (Å²) in [6.07, 6.45) is 0.818. The summed E-state index contributed by atoms with van der Waals surface area (Å²) >= 11 is 9.41. The van der Waals surface area contributed by atoms with Crippen molar-refractivity contribution in [2.24, 2.45) is 0 Å². The molecule has 0 aliphatic heterocycles. The van der Waals surface area contributed by atoms with Crippen LogP contribution in [0.25, 0.3) is 0 Å². The Bertz CT molecular complexity index is 406. The van der Waals surface area contributed by atoms with Gasteiger partial charge in [-0.1, -0.05) is 24.6 Å². The zero-order valence-electron chi connectivity index (χ0n) is 9.48. The molecule has 1 aromatic carbocycles. The highest BCUT2D eigenvalue weighted by Gasteiger charge is 2.10. The van der Waals surface area contributed by atoms with E-state index in [9.17, 15) is 0 Å². The average Bonchev–Trinajstić information content (AvgIpc) is 2.28. The van der Waals surface area contributed by atoms with Gasteiger partial charge in [-0.15, -0.1) is 11.8 Å². The molecule has 0 aromatic heterocycles. The summed E-state index contributed by atoms with van der Waals surface area (Å²) in [5, 5.41) is 4.15. The fourth-order valence-electron chi connectivity index (χ4n) is 1.49. The number of hydrogen-bond donors (Lipinski definition) is 1. The van der Waals surface area contributed by atoms with Gasteiger partial charge < -0.3 is 5.32 Å². The summed E-state index contributed by atoms with van der Waals surface area (Å²) in [6.45, 7) is 4.88. The first-order valence-electron chi connectivity index (χ1n) is 5.27. The molecular weight excluding hydrogens is 286 g/mol. The van der Waals surface area contributed by atoms with Gasteiger partial charge >= 0.3 is 0 Å². The first-order chi connectivity index (χ1) is 7.69. The van der Waals surface area contributed by atoms with Crippen molar-refractivity contribution in [1.29, 1.82) is 0 Å². The molecule has 0 radical (unpaired) electrons. The molecule has 0 fully saturated rings. The van der Waals surface area contributed by atoms with Crippen LogP contribution < -0.4 is 5.32 Å². The molecule has 86 valence electrons. The van der Waals surface area contributed by atoms with Gasteiger partial charge in [0.2, 0.25) is 0 Å². The van der Waals surface area contributed by atoms with Crippen molar-refractivity contribution < 1.29 is 0 Å². The fourth-order valence-corrected chi connectivity index (χ4v) is 2.00. The van der Waals surface area contributed by atoms with E-state index in [0.29, 0.717) is 0 Å². The molecule has 1 aromatic rings. The van der Waals surface area contributed by atoms with Crippen LogP contribution >= 0.6 is 27.5 Å². The van der Waals surface area contributed by atoms with Crippen molar-refractivity contribution in [2.75, 3.05) is 6.54 Å². The zero-order chi connectivity index (χ0) is 12.0. The van der Waals surface area contributed by atoms with Crippen molar-refractivity contribution in [3.05, 3.63) is 33.3 Å². The second kappa shape index (κ2) is 6.96. The van der Waals surface area contributed by atoms with E-state index in [0.717, 1.165) is 22.5 Å². The Hall–Kier alpha value is -0.490. The normalized spacial score (nSPS) is 11.8. The monoisotopic (exact) mass is 299 g/mol. The van der Waals surface area contributed by atoms with Crippen molar-refractivity contribution in [3.63, 3.8) is 0 Å². The maximum absolute atomic E-state index is 5.97. The van der Waals surface area contributed by atoms with Crippen molar-refractivity contribution >= 4 is 27.5 Å². The van der Waals surface area contributed by atoms with E-state index in [-0.39, 0.29) is 6.04 Å². The summed E-state index contributed by atoms with van der Waals surface area (Å²) in [7, 11) is 0. The van der Waals surface area contributed by atoms with Gasteiger partial charge in [0.05, 0.1) is 5.02 Å². The van der Waals surface area contributed by atoms with Crippen LogP contribution in [0.5, 0.6) is 0 Å². The lowest BCUT2D eigenvalue weighted by Gasteiger charge is -2.16.